The lowest BCUT2D eigenvalue weighted by Crippen LogP contribution is -2.00. The number of rotatable bonds is 4. The first-order valence-corrected chi connectivity index (χ1v) is 14.5. The number of nitrogens with zero attached hydrogens (tertiary/aromatic N) is 5. The summed E-state index contributed by atoms with van der Waals surface area (Å²) >= 11 is 0. The third kappa shape index (κ3) is 3.82. The van der Waals surface area contributed by atoms with Crippen molar-refractivity contribution < 1.29 is 4.42 Å². The van der Waals surface area contributed by atoms with Gasteiger partial charge >= 0.3 is 0 Å². The fourth-order valence-electron chi connectivity index (χ4n) is 6.11. The highest BCUT2D eigenvalue weighted by Crippen LogP contribution is 2.41. The zero-order valence-electron chi connectivity index (χ0n) is 23.4. The standard InChI is InChI=1S/C38H23N5O/c1-3-11-24(12-4-1)36-40-37(42-38(41-36)30-16-9-10-22-39-30)25-18-19-27-28-20-21-32-34(35(28)44-33(27)23-25)29-15-7-8-17-31(29)43(32)26-13-5-2-6-14-26/h1-23H. The molecule has 6 nitrogen and oxygen atoms in total. The number of para-hydroxylation sites is 2. The number of furan rings is 1. The molecule has 9 aromatic rings. The van der Waals surface area contributed by atoms with E-state index in [-0.39, 0.29) is 0 Å². The topological polar surface area (TPSA) is 69.6 Å². The van der Waals surface area contributed by atoms with E-state index in [1.54, 1.807) is 6.20 Å². The van der Waals surface area contributed by atoms with Gasteiger partial charge in [0.15, 0.2) is 17.5 Å². The monoisotopic (exact) mass is 565 g/mol. The molecule has 4 heterocycles. The molecule has 0 saturated heterocycles. The van der Waals surface area contributed by atoms with Crippen LogP contribution in [0.1, 0.15) is 0 Å². The molecule has 0 aliphatic carbocycles. The molecule has 0 atom stereocenters. The van der Waals surface area contributed by atoms with E-state index >= 15 is 0 Å². The van der Waals surface area contributed by atoms with Gasteiger partial charge in [0.05, 0.1) is 16.4 Å². The Morgan fingerprint density at radius 2 is 1.20 bits per heavy atom. The van der Waals surface area contributed by atoms with E-state index in [0.717, 1.165) is 60.6 Å². The zero-order valence-corrected chi connectivity index (χ0v) is 23.4. The van der Waals surface area contributed by atoms with Crippen LogP contribution >= 0.6 is 0 Å². The van der Waals surface area contributed by atoms with Gasteiger partial charge in [-0.05, 0) is 54.6 Å². The van der Waals surface area contributed by atoms with Crippen LogP contribution in [0, 0.1) is 0 Å². The molecule has 0 saturated carbocycles. The van der Waals surface area contributed by atoms with Gasteiger partial charge in [0.25, 0.3) is 0 Å². The predicted octanol–water partition coefficient (Wildman–Crippen LogP) is 9.26. The van der Waals surface area contributed by atoms with Crippen molar-refractivity contribution >= 4 is 43.7 Å². The van der Waals surface area contributed by atoms with Crippen molar-refractivity contribution in [1.82, 2.24) is 24.5 Å². The molecule has 0 bridgehead atoms. The molecule has 6 heteroatoms. The normalized spacial score (nSPS) is 11.6. The molecule has 44 heavy (non-hydrogen) atoms. The summed E-state index contributed by atoms with van der Waals surface area (Å²) in [4.78, 5) is 19.0. The van der Waals surface area contributed by atoms with Crippen molar-refractivity contribution in [3.8, 4) is 40.0 Å². The number of fused-ring (bicyclic) bond motifs is 7. The fraction of sp³-hybridized carbons (Fsp3) is 0. The Labute approximate surface area is 251 Å². The van der Waals surface area contributed by atoms with E-state index in [1.165, 1.54) is 0 Å². The van der Waals surface area contributed by atoms with Crippen LogP contribution in [0.4, 0.5) is 0 Å². The van der Waals surface area contributed by atoms with E-state index in [2.05, 4.69) is 82.3 Å². The first-order chi connectivity index (χ1) is 21.8. The molecule has 0 N–H and O–H groups in total. The second-order valence-electron chi connectivity index (χ2n) is 10.7. The fourth-order valence-corrected chi connectivity index (χ4v) is 6.11. The van der Waals surface area contributed by atoms with E-state index in [1.807, 2.05) is 60.7 Å². The molecule has 0 fully saturated rings. The Bertz CT molecular complexity index is 2430. The minimum absolute atomic E-state index is 0.523. The maximum absolute atomic E-state index is 6.72. The van der Waals surface area contributed by atoms with Crippen LogP contribution in [0.2, 0.25) is 0 Å². The van der Waals surface area contributed by atoms with Crippen LogP contribution in [0.25, 0.3) is 83.7 Å². The maximum Gasteiger partial charge on any atom is 0.182 e. The van der Waals surface area contributed by atoms with E-state index in [4.69, 9.17) is 19.4 Å². The van der Waals surface area contributed by atoms with Crippen molar-refractivity contribution in [2.75, 3.05) is 0 Å². The number of hydrogen-bond acceptors (Lipinski definition) is 5. The number of pyridine rings is 1. The lowest BCUT2D eigenvalue weighted by molar-refractivity contribution is 0.673. The average molecular weight is 566 g/mol. The lowest BCUT2D eigenvalue weighted by atomic mass is 10.1. The Hall–Kier alpha value is -6.14. The second kappa shape index (κ2) is 9.71. The van der Waals surface area contributed by atoms with E-state index < -0.39 is 0 Å². The van der Waals surface area contributed by atoms with Crippen LogP contribution in [0.5, 0.6) is 0 Å². The molecule has 0 radical (unpaired) electrons. The highest BCUT2D eigenvalue weighted by Gasteiger charge is 2.19. The van der Waals surface area contributed by atoms with Gasteiger partial charge in [-0.25, -0.2) is 15.0 Å². The second-order valence-corrected chi connectivity index (χ2v) is 10.7. The van der Waals surface area contributed by atoms with Crippen molar-refractivity contribution in [2.45, 2.75) is 0 Å². The van der Waals surface area contributed by atoms with Crippen LogP contribution < -0.4 is 0 Å². The molecule has 5 aromatic carbocycles. The van der Waals surface area contributed by atoms with Crippen LogP contribution in [-0.4, -0.2) is 24.5 Å². The zero-order chi connectivity index (χ0) is 29.0. The van der Waals surface area contributed by atoms with Crippen LogP contribution in [0.3, 0.4) is 0 Å². The smallest absolute Gasteiger partial charge is 0.182 e. The molecular weight excluding hydrogens is 542 g/mol. The van der Waals surface area contributed by atoms with Gasteiger partial charge in [0, 0.05) is 39.2 Å². The van der Waals surface area contributed by atoms with Gasteiger partial charge in [-0.3, -0.25) is 4.98 Å². The van der Waals surface area contributed by atoms with Crippen molar-refractivity contribution in [2.24, 2.45) is 0 Å². The summed E-state index contributed by atoms with van der Waals surface area (Å²) in [5, 5.41) is 4.37. The van der Waals surface area contributed by atoms with E-state index in [0.29, 0.717) is 23.2 Å². The third-order valence-corrected chi connectivity index (χ3v) is 8.11. The molecule has 0 aliphatic heterocycles. The lowest BCUT2D eigenvalue weighted by Gasteiger charge is -2.07. The molecule has 0 unspecified atom stereocenters. The van der Waals surface area contributed by atoms with Gasteiger partial charge < -0.3 is 8.98 Å². The highest BCUT2D eigenvalue weighted by atomic mass is 16.3. The Balaban J connectivity index is 1.27. The molecule has 9 rings (SSSR count). The first kappa shape index (κ1) is 24.5. The first-order valence-electron chi connectivity index (χ1n) is 14.5. The Kier molecular flexibility index (Phi) is 5.40. The number of benzene rings is 5. The summed E-state index contributed by atoms with van der Waals surface area (Å²) in [5.74, 6) is 1.68. The summed E-state index contributed by atoms with van der Waals surface area (Å²) in [5.41, 5.74) is 7.46. The molecule has 0 aliphatic rings. The Morgan fingerprint density at radius 3 is 2.02 bits per heavy atom. The van der Waals surface area contributed by atoms with Crippen LogP contribution in [0.15, 0.2) is 144 Å². The van der Waals surface area contributed by atoms with Gasteiger partial charge in [0.2, 0.25) is 0 Å². The Morgan fingerprint density at radius 1 is 0.500 bits per heavy atom. The van der Waals surface area contributed by atoms with Crippen molar-refractivity contribution in [3.63, 3.8) is 0 Å². The third-order valence-electron chi connectivity index (χ3n) is 8.11. The molecule has 4 aromatic heterocycles. The van der Waals surface area contributed by atoms with Gasteiger partial charge in [-0.15, -0.1) is 0 Å². The SMILES string of the molecule is c1ccc(-c2nc(-c3ccc4c(c3)oc3c4ccc4c3c3ccccc3n4-c3ccccc3)nc(-c3ccccn3)n2)cc1. The van der Waals surface area contributed by atoms with Gasteiger partial charge in [0.1, 0.15) is 16.9 Å². The van der Waals surface area contributed by atoms with Crippen LogP contribution in [-0.2, 0) is 0 Å². The maximum atomic E-state index is 6.72. The average Bonchev–Trinajstić information content (AvgIpc) is 3.64. The molecule has 0 amide bonds. The number of aromatic nitrogens is 5. The van der Waals surface area contributed by atoms with E-state index in [9.17, 15) is 0 Å². The van der Waals surface area contributed by atoms with Gasteiger partial charge in [-0.1, -0.05) is 78.9 Å². The summed E-state index contributed by atoms with van der Waals surface area (Å²) in [7, 11) is 0. The van der Waals surface area contributed by atoms with Crippen molar-refractivity contribution in [1.29, 1.82) is 0 Å². The minimum Gasteiger partial charge on any atom is -0.455 e. The van der Waals surface area contributed by atoms with Gasteiger partial charge in [-0.2, -0.15) is 0 Å². The summed E-state index contributed by atoms with van der Waals surface area (Å²) in [6, 6.07) is 45.2. The van der Waals surface area contributed by atoms with Crippen molar-refractivity contribution in [3.05, 3.63) is 140 Å². The molecule has 0 spiro atoms. The highest BCUT2D eigenvalue weighted by molar-refractivity contribution is 6.24. The minimum atomic E-state index is 0.523. The largest absolute Gasteiger partial charge is 0.455 e. The summed E-state index contributed by atoms with van der Waals surface area (Å²) < 4.78 is 9.02. The number of hydrogen-bond donors (Lipinski definition) is 0. The quantitative estimate of drug-likeness (QED) is 0.213. The summed E-state index contributed by atoms with van der Waals surface area (Å²) in [6.07, 6.45) is 1.75. The summed E-state index contributed by atoms with van der Waals surface area (Å²) in [6.45, 7) is 0. The molecule has 206 valence electrons. The predicted molar refractivity (Wildman–Crippen MR) is 176 cm³/mol. The molecular formula is C38H23N5O.